The van der Waals surface area contributed by atoms with Crippen molar-refractivity contribution in [3.63, 3.8) is 0 Å². The van der Waals surface area contributed by atoms with Gasteiger partial charge in [-0.15, -0.1) is 0 Å². The molecule has 3 N–H and O–H groups in total. The number of halogens is 1. The summed E-state index contributed by atoms with van der Waals surface area (Å²) in [7, 11) is 0. The number of carbonyl (C=O) groups is 3. The van der Waals surface area contributed by atoms with Gasteiger partial charge in [-0.1, -0.05) is 0 Å². The Balaban J connectivity index is 2.68. The second-order valence-corrected chi connectivity index (χ2v) is 3.80. The molecule has 1 aromatic carbocycles. The summed E-state index contributed by atoms with van der Waals surface area (Å²) < 4.78 is 12.7. The van der Waals surface area contributed by atoms with Crippen LogP contribution in [-0.4, -0.2) is 34.1 Å². The van der Waals surface area contributed by atoms with Gasteiger partial charge >= 0.3 is 11.9 Å². The zero-order valence-electron chi connectivity index (χ0n) is 9.80. The maximum Gasteiger partial charge on any atom is 0.326 e. The number of amides is 1. The maximum absolute atomic E-state index is 12.7. The Bertz CT molecular complexity index is 485. The number of aliphatic carboxylic acids is 2. The van der Waals surface area contributed by atoms with E-state index in [0.29, 0.717) is 0 Å². The minimum absolute atomic E-state index is 0.1000. The van der Waals surface area contributed by atoms with Crippen LogP contribution in [0.5, 0.6) is 0 Å². The first-order valence-corrected chi connectivity index (χ1v) is 5.41. The zero-order valence-corrected chi connectivity index (χ0v) is 9.80. The second-order valence-electron chi connectivity index (χ2n) is 3.80. The Morgan fingerprint density at radius 2 is 1.74 bits per heavy atom. The van der Waals surface area contributed by atoms with E-state index in [1.54, 1.807) is 0 Å². The highest BCUT2D eigenvalue weighted by atomic mass is 19.1. The summed E-state index contributed by atoms with van der Waals surface area (Å²) in [5.74, 6) is -3.69. The summed E-state index contributed by atoms with van der Waals surface area (Å²) in [5.41, 5.74) is 0.1000. The summed E-state index contributed by atoms with van der Waals surface area (Å²) in [6.07, 6.45) is -0.599. The van der Waals surface area contributed by atoms with Crippen LogP contribution in [0.15, 0.2) is 24.3 Å². The highest BCUT2D eigenvalue weighted by Crippen LogP contribution is 2.05. The van der Waals surface area contributed by atoms with Crippen LogP contribution in [0.4, 0.5) is 4.39 Å². The van der Waals surface area contributed by atoms with E-state index in [9.17, 15) is 18.8 Å². The van der Waals surface area contributed by atoms with Gasteiger partial charge in [-0.3, -0.25) is 9.59 Å². The minimum Gasteiger partial charge on any atom is -0.481 e. The van der Waals surface area contributed by atoms with E-state index in [-0.39, 0.29) is 18.4 Å². The van der Waals surface area contributed by atoms with Crippen LogP contribution < -0.4 is 5.32 Å². The number of hydrogen-bond donors (Lipinski definition) is 3. The van der Waals surface area contributed by atoms with Crippen LogP contribution in [0.3, 0.4) is 0 Å². The van der Waals surface area contributed by atoms with Crippen LogP contribution in [0.2, 0.25) is 0 Å². The number of benzene rings is 1. The van der Waals surface area contributed by atoms with Crippen LogP contribution in [0.25, 0.3) is 0 Å². The number of carboxylic acid groups (broad SMARTS) is 2. The minimum atomic E-state index is -1.32. The largest absolute Gasteiger partial charge is 0.481 e. The molecule has 0 saturated carbocycles. The lowest BCUT2D eigenvalue weighted by Crippen LogP contribution is -2.41. The molecule has 0 bridgehead atoms. The number of nitrogens with one attached hydrogen (secondary N) is 1. The van der Waals surface area contributed by atoms with Crippen molar-refractivity contribution in [1.82, 2.24) is 5.32 Å². The van der Waals surface area contributed by atoms with Crippen molar-refractivity contribution in [3.8, 4) is 0 Å². The highest BCUT2D eigenvalue weighted by molar-refractivity contribution is 5.96. The van der Waals surface area contributed by atoms with Crippen LogP contribution >= 0.6 is 0 Å². The van der Waals surface area contributed by atoms with Crippen molar-refractivity contribution in [2.45, 2.75) is 18.9 Å². The molecular weight excluding hydrogens is 257 g/mol. The molecule has 0 radical (unpaired) electrons. The lowest BCUT2D eigenvalue weighted by molar-refractivity contribution is -0.140. The topological polar surface area (TPSA) is 104 Å². The fraction of sp³-hybridized carbons (Fsp3) is 0.250. The molecule has 0 aliphatic heterocycles. The monoisotopic (exact) mass is 269 g/mol. The van der Waals surface area contributed by atoms with Gasteiger partial charge in [0.2, 0.25) is 0 Å². The van der Waals surface area contributed by atoms with Crippen LogP contribution in [-0.2, 0) is 9.59 Å². The summed E-state index contributed by atoms with van der Waals surface area (Å²) in [5, 5.41) is 19.5. The quantitative estimate of drug-likeness (QED) is 0.711. The van der Waals surface area contributed by atoms with Gasteiger partial charge in [0.1, 0.15) is 11.9 Å². The van der Waals surface area contributed by atoms with Crippen LogP contribution in [0, 0.1) is 5.82 Å². The smallest absolute Gasteiger partial charge is 0.326 e. The number of rotatable bonds is 6. The standard InChI is InChI=1S/C12H12FNO5/c13-8-3-1-7(2-4-8)11(17)14-9(12(18)19)5-6-10(15)16/h1-4,9H,5-6H2,(H,14,17)(H,15,16)(H,18,19)/t9-/m1/s1. The van der Waals surface area contributed by atoms with Crippen LogP contribution in [0.1, 0.15) is 23.2 Å². The molecule has 0 aromatic heterocycles. The molecular formula is C12H12FNO5. The maximum atomic E-state index is 12.7. The van der Waals surface area contributed by atoms with E-state index < -0.39 is 29.7 Å². The Hall–Kier alpha value is -2.44. The number of hydrogen-bond acceptors (Lipinski definition) is 3. The average Bonchev–Trinajstić information content (AvgIpc) is 2.34. The van der Waals surface area contributed by atoms with E-state index in [4.69, 9.17) is 10.2 Å². The Morgan fingerprint density at radius 3 is 2.21 bits per heavy atom. The molecule has 0 aliphatic rings. The van der Waals surface area contributed by atoms with Crippen molar-refractivity contribution >= 4 is 17.8 Å². The fourth-order valence-electron chi connectivity index (χ4n) is 1.37. The van der Waals surface area contributed by atoms with E-state index in [1.807, 2.05) is 0 Å². The molecule has 19 heavy (non-hydrogen) atoms. The molecule has 0 heterocycles. The van der Waals surface area contributed by atoms with Gasteiger partial charge in [0.25, 0.3) is 5.91 Å². The van der Waals surface area contributed by atoms with Gasteiger partial charge < -0.3 is 15.5 Å². The van der Waals surface area contributed by atoms with Crippen molar-refractivity contribution in [3.05, 3.63) is 35.6 Å². The first-order chi connectivity index (χ1) is 8.90. The highest BCUT2D eigenvalue weighted by Gasteiger charge is 2.21. The molecule has 0 fully saturated rings. The molecule has 1 aromatic rings. The first kappa shape index (κ1) is 14.6. The third-order valence-electron chi connectivity index (χ3n) is 2.36. The summed E-state index contributed by atoms with van der Waals surface area (Å²) in [6.45, 7) is 0. The van der Waals surface area contributed by atoms with Gasteiger partial charge in [0.15, 0.2) is 0 Å². The molecule has 102 valence electrons. The van der Waals surface area contributed by atoms with Gasteiger partial charge in [0, 0.05) is 12.0 Å². The molecule has 7 heteroatoms. The number of carboxylic acids is 2. The number of carbonyl (C=O) groups excluding carboxylic acids is 1. The molecule has 0 spiro atoms. The van der Waals surface area contributed by atoms with Crippen molar-refractivity contribution < 1.29 is 29.0 Å². The molecule has 0 unspecified atom stereocenters. The second kappa shape index (κ2) is 6.48. The summed E-state index contributed by atoms with van der Waals surface area (Å²) in [4.78, 5) is 32.9. The lowest BCUT2D eigenvalue weighted by atomic mass is 10.1. The molecule has 1 amide bonds. The van der Waals surface area contributed by atoms with E-state index in [2.05, 4.69) is 5.32 Å². The van der Waals surface area contributed by atoms with Gasteiger partial charge in [-0.05, 0) is 30.7 Å². The van der Waals surface area contributed by atoms with Crippen molar-refractivity contribution in [2.75, 3.05) is 0 Å². The molecule has 6 nitrogen and oxygen atoms in total. The molecule has 1 atom stereocenters. The van der Waals surface area contributed by atoms with Crippen molar-refractivity contribution in [2.24, 2.45) is 0 Å². The van der Waals surface area contributed by atoms with Gasteiger partial charge in [-0.25, -0.2) is 9.18 Å². The zero-order chi connectivity index (χ0) is 14.4. The normalized spacial score (nSPS) is 11.6. The Kier molecular flexibility index (Phi) is 4.99. The average molecular weight is 269 g/mol. The van der Waals surface area contributed by atoms with Gasteiger partial charge in [0.05, 0.1) is 0 Å². The first-order valence-electron chi connectivity index (χ1n) is 5.41. The molecule has 0 saturated heterocycles. The molecule has 0 aliphatic carbocycles. The molecule has 1 rings (SSSR count). The van der Waals surface area contributed by atoms with E-state index in [1.165, 1.54) is 12.1 Å². The van der Waals surface area contributed by atoms with Crippen molar-refractivity contribution in [1.29, 1.82) is 0 Å². The lowest BCUT2D eigenvalue weighted by Gasteiger charge is -2.13. The third kappa shape index (κ3) is 4.74. The SMILES string of the molecule is O=C(O)CC[C@@H](NC(=O)c1ccc(F)cc1)C(=O)O. The summed E-state index contributed by atoms with van der Waals surface area (Å²) >= 11 is 0. The van der Waals surface area contributed by atoms with E-state index >= 15 is 0 Å². The predicted octanol–water partition coefficient (Wildman–Crippen LogP) is 0.873. The van der Waals surface area contributed by atoms with E-state index in [0.717, 1.165) is 12.1 Å². The fourth-order valence-corrected chi connectivity index (χ4v) is 1.37. The Labute approximate surface area is 107 Å². The predicted molar refractivity (Wildman–Crippen MR) is 62.2 cm³/mol. The Morgan fingerprint density at radius 1 is 1.16 bits per heavy atom. The third-order valence-corrected chi connectivity index (χ3v) is 2.36. The van der Waals surface area contributed by atoms with Gasteiger partial charge in [-0.2, -0.15) is 0 Å². The summed E-state index contributed by atoms with van der Waals surface area (Å²) in [6, 6.07) is 3.26.